The van der Waals surface area contributed by atoms with Gasteiger partial charge >= 0.3 is 5.97 Å². The van der Waals surface area contributed by atoms with Gasteiger partial charge in [-0.15, -0.1) is 0 Å². The highest BCUT2D eigenvalue weighted by molar-refractivity contribution is 7.99. The summed E-state index contributed by atoms with van der Waals surface area (Å²) in [5.41, 5.74) is 1.71. The Balaban J connectivity index is 1.55. The Kier molecular flexibility index (Phi) is 5.91. The maximum absolute atomic E-state index is 13.9. The van der Waals surface area contributed by atoms with Crippen LogP contribution in [-0.4, -0.2) is 30.5 Å². The van der Waals surface area contributed by atoms with Gasteiger partial charge < -0.3 is 5.11 Å². The van der Waals surface area contributed by atoms with Crippen LogP contribution in [0.4, 0.5) is 11.4 Å². The molecular weight excluding hydrogens is 524 g/mol. The maximum Gasteiger partial charge on any atom is 0.326 e. The van der Waals surface area contributed by atoms with Gasteiger partial charge in [-0.2, -0.15) is 0 Å². The summed E-state index contributed by atoms with van der Waals surface area (Å²) in [5, 5.41) is 33.6. The van der Waals surface area contributed by atoms with Crippen molar-refractivity contribution in [2.24, 2.45) is 0 Å². The normalized spacial score (nSPS) is 18.5. The lowest BCUT2D eigenvalue weighted by atomic mass is 10.00. The summed E-state index contributed by atoms with van der Waals surface area (Å²) in [6.07, 6.45) is 1.74. The molecule has 2 unspecified atom stereocenters. The molecule has 2 aliphatic rings. The topological polar surface area (TPSA) is 158 Å². The van der Waals surface area contributed by atoms with Crippen molar-refractivity contribution >= 4 is 40.0 Å². The van der Waals surface area contributed by atoms with E-state index >= 15 is 0 Å². The second-order valence-corrected chi connectivity index (χ2v) is 10.8. The summed E-state index contributed by atoms with van der Waals surface area (Å²) in [5.74, 6) is -1.08. The molecule has 0 amide bonds. The molecule has 0 radical (unpaired) electrons. The van der Waals surface area contributed by atoms with Gasteiger partial charge in [-0.05, 0) is 48.9 Å². The molecule has 0 bridgehead atoms. The number of fused-ring (bicyclic) bond motifs is 2. The number of aromatic nitrogens is 2. The number of nitrogens with zero attached hydrogens (tertiary/aromatic N) is 4. The zero-order chi connectivity index (χ0) is 27.4. The van der Waals surface area contributed by atoms with Gasteiger partial charge in [0.2, 0.25) is 0 Å². The summed E-state index contributed by atoms with van der Waals surface area (Å²) in [6.45, 7) is 0. The predicted molar refractivity (Wildman–Crippen MR) is 143 cm³/mol. The summed E-state index contributed by atoms with van der Waals surface area (Å²) >= 11 is 1.30. The highest BCUT2D eigenvalue weighted by atomic mass is 32.2. The van der Waals surface area contributed by atoms with Crippen molar-refractivity contribution in [2.75, 3.05) is 0 Å². The van der Waals surface area contributed by atoms with Crippen molar-refractivity contribution in [1.29, 1.82) is 0 Å². The van der Waals surface area contributed by atoms with E-state index in [1.165, 1.54) is 34.5 Å². The first-order valence-electron chi connectivity index (χ1n) is 12.2. The Morgan fingerprint density at radius 2 is 1.72 bits per heavy atom. The van der Waals surface area contributed by atoms with Gasteiger partial charge in [0.15, 0.2) is 0 Å². The van der Waals surface area contributed by atoms with Crippen LogP contribution in [0.1, 0.15) is 47.6 Å². The molecule has 4 aromatic rings. The lowest BCUT2D eigenvalue weighted by Gasteiger charge is -2.32. The van der Waals surface area contributed by atoms with Crippen molar-refractivity contribution in [3.05, 3.63) is 102 Å². The fourth-order valence-electron chi connectivity index (χ4n) is 5.19. The maximum atomic E-state index is 13.9. The van der Waals surface area contributed by atoms with Crippen molar-refractivity contribution in [3.63, 3.8) is 0 Å². The molecular formula is C27H20N4O7S. The second kappa shape index (κ2) is 9.31. The summed E-state index contributed by atoms with van der Waals surface area (Å²) in [4.78, 5) is 52.7. The van der Waals surface area contributed by atoms with E-state index in [4.69, 9.17) is 0 Å². The quantitative estimate of drug-likeness (QED) is 0.240. The molecule has 1 fully saturated rings. The molecule has 1 saturated carbocycles. The van der Waals surface area contributed by atoms with E-state index in [2.05, 4.69) is 4.98 Å². The summed E-state index contributed by atoms with van der Waals surface area (Å²) in [6, 6.07) is 14.4. The second-order valence-electron chi connectivity index (χ2n) is 9.58. The van der Waals surface area contributed by atoms with Crippen molar-refractivity contribution in [1.82, 2.24) is 9.55 Å². The summed E-state index contributed by atoms with van der Waals surface area (Å²) in [7, 11) is 0. The zero-order valence-electron chi connectivity index (χ0n) is 20.2. The van der Waals surface area contributed by atoms with E-state index in [-0.39, 0.29) is 29.2 Å². The number of carboxylic acid groups (broad SMARTS) is 1. The van der Waals surface area contributed by atoms with E-state index in [1.54, 1.807) is 42.5 Å². The fraction of sp³-hybridized carbons (Fsp3) is 0.222. The van der Waals surface area contributed by atoms with Gasteiger partial charge in [0, 0.05) is 40.0 Å². The lowest BCUT2D eigenvalue weighted by Crippen LogP contribution is -2.36. The highest BCUT2D eigenvalue weighted by Gasteiger charge is 2.41. The van der Waals surface area contributed by atoms with Crippen molar-refractivity contribution < 1.29 is 19.7 Å². The number of aliphatic carboxylic acids is 1. The van der Waals surface area contributed by atoms with Gasteiger partial charge in [-0.25, -0.2) is 9.78 Å². The van der Waals surface area contributed by atoms with Crippen LogP contribution in [0.15, 0.2) is 70.5 Å². The zero-order valence-corrected chi connectivity index (χ0v) is 21.0. The third kappa shape index (κ3) is 4.22. The number of hydrogen-bond acceptors (Lipinski definition) is 8. The Morgan fingerprint density at radius 3 is 2.36 bits per heavy atom. The molecule has 196 valence electrons. The average Bonchev–Trinajstić information content (AvgIpc) is 3.77. The van der Waals surface area contributed by atoms with Gasteiger partial charge in [-0.3, -0.25) is 29.6 Å². The minimum absolute atomic E-state index is 0.00455. The van der Waals surface area contributed by atoms with Crippen molar-refractivity contribution in [3.8, 4) is 11.3 Å². The van der Waals surface area contributed by atoms with Gasteiger partial charge in [0.1, 0.15) is 11.6 Å². The number of nitro benzene ring substituents is 2. The monoisotopic (exact) mass is 544 g/mol. The number of carboxylic acids is 1. The molecule has 6 rings (SSSR count). The number of para-hydroxylation sites is 1. The third-order valence-electron chi connectivity index (χ3n) is 7.18. The van der Waals surface area contributed by atoms with Crippen molar-refractivity contribution in [2.45, 2.75) is 41.5 Å². The SMILES string of the molecule is O=C(O)C1CC(c2ccccc2[N+](=O)[O-])Sc2c(C3CC3)c3ccc(-c4ccc([N+](=O)[O-])cc4)nc3c(=O)n21. The molecule has 2 atom stereocenters. The van der Waals surface area contributed by atoms with Crippen LogP contribution in [0.3, 0.4) is 0 Å². The first-order valence-corrected chi connectivity index (χ1v) is 13.1. The standard InChI is InChI=1S/C27H20N4O7S/c32-25-24-18(11-12-19(28-24)14-7-9-16(10-8-14)30(35)36)23(15-5-6-15)26-29(25)21(27(33)34)13-22(39-26)17-3-1-2-4-20(17)31(37)38/h1-4,7-12,15,21-22H,5-6,13H2,(H,33,34). The van der Waals surface area contributed by atoms with E-state index in [1.807, 2.05) is 0 Å². The Bertz CT molecular complexity index is 1750. The van der Waals surface area contributed by atoms with Crippen LogP contribution >= 0.6 is 11.8 Å². The van der Waals surface area contributed by atoms with Crippen LogP contribution in [0.2, 0.25) is 0 Å². The number of non-ortho nitro benzene ring substituents is 1. The molecule has 1 N–H and O–H groups in total. The van der Waals surface area contributed by atoms with Crippen LogP contribution in [0.5, 0.6) is 0 Å². The molecule has 12 heteroatoms. The van der Waals surface area contributed by atoms with Gasteiger partial charge in [-0.1, -0.05) is 36.0 Å². The fourth-order valence-corrected chi connectivity index (χ4v) is 6.80. The smallest absolute Gasteiger partial charge is 0.326 e. The molecule has 39 heavy (non-hydrogen) atoms. The van der Waals surface area contributed by atoms with Crippen LogP contribution in [0.25, 0.3) is 22.2 Å². The molecule has 1 aliphatic heterocycles. The minimum Gasteiger partial charge on any atom is -0.480 e. The number of carbonyl (C=O) groups is 1. The van der Waals surface area contributed by atoms with E-state index in [0.29, 0.717) is 27.2 Å². The number of rotatable bonds is 6. The lowest BCUT2D eigenvalue weighted by molar-refractivity contribution is -0.385. The third-order valence-corrected chi connectivity index (χ3v) is 8.55. The van der Waals surface area contributed by atoms with Gasteiger partial charge in [0.05, 0.1) is 20.6 Å². The van der Waals surface area contributed by atoms with Crippen LogP contribution in [-0.2, 0) is 4.79 Å². The molecule has 3 heterocycles. The molecule has 11 nitrogen and oxygen atoms in total. The van der Waals surface area contributed by atoms with E-state index in [9.17, 15) is 34.9 Å². The van der Waals surface area contributed by atoms with Gasteiger partial charge in [0.25, 0.3) is 16.9 Å². The van der Waals surface area contributed by atoms with Crippen LogP contribution < -0.4 is 5.56 Å². The number of thioether (sulfide) groups is 1. The average molecular weight is 545 g/mol. The molecule has 1 aliphatic carbocycles. The number of nitro groups is 2. The first-order chi connectivity index (χ1) is 18.7. The molecule has 0 spiro atoms. The Morgan fingerprint density at radius 1 is 1.00 bits per heavy atom. The molecule has 2 aromatic heterocycles. The number of hydrogen-bond donors (Lipinski definition) is 1. The van der Waals surface area contributed by atoms with E-state index in [0.717, 1.165) is 18.4 Å². The minimum atomic E-state index is -1.23. The predicted octanol–water partition coefficient (Wildman–Crippen LogP) is 5.62. The Hall–Kier alpha value is -4.58. The first kappa shape index (κ1) is 24.7. The molecule has 2 aromatic carbocycles. The van der Waals surface area contributed by atoms with E-state index < -0.39 is 32.7 Å². The number of pyridine rings is 2. The molecule has 0 saturated heterocycles. The highest BCUT2D eigenvalue weighted by Crippen LogP contribution is 2.54. The largest absolute Gasteiger partial charge is 0.480 e. The Labute approximate surface area is 224 Å². The number of benzene rings is 2. The van der Waals surface area contributed by atoms with Crippen LogP contribution in [0, 0.1) is 20.2 Å². The summed E-state index contributed by atoms with van der Waals surface area (Å²) < 4.78 is 1.29.